The molecule has 24 heavy (non-hydrogen) atoms. The second-order valence-corrected chi connectivity index (χ2v) is 7.56. The molecule has 2 aromatic rings. The number of thioether (sulfide) groups is 2. The number of hydrogen-bond donors (Lipinski definition) is 1. The lowest BCUT2D eigenvalue weighted by atomic mass is 10.2. The van der Waals surface area contributed by atoms with Gasteiger partial charge in [0.1, 0.15) is 5.82 Å². The summed E-state index contributed by atoms with van der Waals surface area (Å²) in [6.07, 6.45) is 0. The van der Waals surface area contributed by atoms with Gasteiger partial charge in [0.05, 0.1) is 18.6 Å². The monoisotopic (exact) mass is 387 g/mol. The zero-order valence-electron chi connectivity index (χ0n) is 12.7. The van der Waals surface area contributed by atoms with Crippen molar-refractivity contribution in [1.29, 1.82) is 0 Å². The van der Waals surface area contributed by atoms with Gasteiger partial charge in [0, 0.05) is 5.75 Å². The Balaban J connectivity index is 1.73. The molecule has 10 heteroatoms. The molecule has 0 bridgehead atoms. The Morgan fingerprint density at radius 2 is 2.08 bits per heavy atom. The summed E-state index contributed by atoms with van der Waals surface area (Å²) in [6, 6.07) is 6.47. The average Bonchev–Trinajstić information content (AvgIpc) is 3.01. The highest BCUT2D eigenvalue weighted by atomic mass is 32.2. The lowest BCUT2D eigenvalue weighted by Gasteiger charge is -2.03. The summed E-state index contributed by atoms with van der Waals surface area (Å²) in [7, 11) is 1.31. The van der Waals surface area contributed by atoms with E-state index in [0.29, 0.717) is 20.8 Å². The third-order valence-electron chi connectivity index (χ3n) is 2.64. The van der Waals surface area contributed by atoms with Crippen LogP contribution in [0.4, 0.5) is 9.52 Å². The van der Waals surface area contributed by atoms with Crippen LogP contribution in [0.15, 0.2) is 28.6 Å². The van der Waals surface area contributed by atoms with Gasteiger partial charge in [-0.1, -0.05) is 41.3 Å². The van der Waals surface area contributed by atoms with Crippen molar-refractivity contribution in [2.45, 2.75) is 10.1 Å². The van der Waals surface area contributed by atoms with Gasteiger partial charge >= 0.3 is 5.97 Å². The van der Waals surface area contributed by atoms with Crippen molar-refractivity contribution in [2.24, 2.45) is 0 Å². The van der Waals surface area contributed by atoms with E-state index in [9.17, 15) is 14.0 Å². The molecule has 1 heterocycles. The SMILES string of the molecule is COC(=O)CSc1nnc(NC(=O)CSCc2ccccc2F)s1. The molecular weight excluding hydrogens is 373 g/mol. The second-order valence-electron chi connectivity index (χ2n) is 4.37. The fraction of sp³-hybridized carbons (Fsp3) is 0.286. The lowest BCUT2D eigenvalue weighted by Crippen LogP contribution is -2.14. The summed E-state index contributed by atoms with van der Waals surface area (Å²) in [5.41, 5.74) is 0.563. The van der Waals surface area contributed by atoms with E-state index in [-0.39, 0.29) is 29.2 Å². The van der Waals surface area contributed by atoms with Crippen LogP contribution in [-0.2, 0) is 20.1 Å². The fourth-order valence-corrected chi connectivity index (χ4v) is 3.94. The van der Waals surface area contributed by atoms with E-state index in [4.69, 9.17) is 0 Å². The van der Waals surface area contributed by atoms with Crippen molar-refractivity contribution in [1.82, 2.24) is 10.2 Å². The predicted molar refractivity (Wildman–Crippen MR) is 93.8 cm³/mol. The third kappa shape index (κ3) is 6.10. The standard InChI is InChI=1S/C14H14FN3O3S3/c1-21-12(20)8-23-14-18-17-13(24-14)16-11(19)7-22-6-9-4-2-3-5-10(9)15/h2-5H,6-8H2,1H3,(H,16,17,19). The second kappa shape index (κ2) is 9.60. The Hall–Kier alpha value is -1.65. The zero-order valence-corrected chi connectivity index (χ0v) is 15.1. The molecule has 0 aliphatic carbocycles. The first-order chi connectivity index (χ1) is 11.6. The van der Waals surface area contributed by atoms with Crippen molar-refractivity contribution < 1.29 is 18.7 Å². The summed E-state index contributed by atoms with van der Waals surface area (Å²) >= 11 is 3.68. The summed E-state index contributed by atoms with van der Waals surface area (Å²) in [5.74, 6) is -0.142. The van der Waals surface area contributed by atoms with Gasteiger partial charge in [0.15, 0.2) is 4.34 Å². The maximum Gasteiger partial charge on any atom is 0.316 e. The molecule has 1 aromatic heterocycles. The summed E-state index contributed by atoms with van der Waals surface area (Å²) < 4.78 is 18.5. The molecule has 1 amide bonds. The fourth-order valence-electron chi connectivity index (χ4n) is 1.52. The molecule has 0 fully saturated rings. The smallest absolute Gasteiger partial charge is 0.316 e. The van der Waals surface area contributed by atoms with E-state index in [1.165, 1.54) is 48.0 Å². The van der Waals surface area contributed by atoms with Crippen LogP contribution in [0.1, 0.15) is 5.56 Å². The topological polar surface area (TPSA) is 81.2 Å². The lowest BCUT2D eigenvalue weighted by molar-refractivity contribution is -0.137. The average molecular weight is 387 g/mol. The minimum Gasteiger partial charge on any atom is -0.468 e. The van der Waals surface area contributed by atoms with Crippen molar-refractivity contribution >= 4 is 51.9 Å². The molecule has 128 valence electrons. The van der Waals surface area contributed by atoms with E-state index in [2.05, 4.69) is 20.3 Å². The third-order valence-corrected chi connectivity index (χ3v) is 5.57. The molecule has 1 N–H and O–H groups in total. The maximum atomic E-state index is 13.5. The summed E-state index contributed by atoms with van der Waals surface area (Å²) in [4.78, 5) is 22.9. The molecular formula is C14H14FN3O3S3. The van der Waals surface area contributed by atoms with Gasteiger partial charge in [-0.3, -0.25) is 14.9 Å². The Morgan fingerprint density at radius 3 is 2.83 bits per heavy atom. The number of hydrogen-bond acceptors (Lipinski definition) is 8. The number of esters is 1. The number of halogens is 1. The van der Waals surface area contributed by atoms with Crippen molar-refractivity contribution in [2.75, 3.05) is 23.9 Å². The number of anilines is 1. The van der Waals surface area contributed by atoms with Crippen LogP contribution in [0.25, 0.3) is 0 Å². The van der Waals surface area contributed by atoms with Crippen LogP contribution >= 0.6 is 34.9 Å². The first-order valence-corrected chi connectivity index (χ1v) is 9.68. The highest BCUT2D eigenvalue weighted by Gasteiger charge is 2.11. The first kappa shape index (κ1) is 18.7. The van der Waals surface area contributed by atoms with Gasteiger partial charge in [-0.2, -0.15) is 0 Å². The van der Waals surface area contributed by atoms with E-state index in [1.54, 1.807) is 18.2 Å². The van der Waals surface area contributed by atoms with Gasteiger partial charge in [0.25, 0.3) is 0 Å². The number of ether oxygens (including phenoxy) is 1. The Morgan fingerprint density at radius 1 is 1.29 bits per heavy atom. The number of amides is 1. The molecule has 6 nitrogen and oxygen atoms in total. The number of carbonyl (C=O) groups is 2. The van der Waals surface area contributed by atoms with Crippen LogP contribution in [0, 0.1) is 5.82 Å². The molecule has 0 aliphatic rings. The quantitative estimate of drug-likeness (QED) is 0.424. The van der Waals surface area contributed by atoms with E-state index in [0.717, 1.165) is 0 Å². The van der Waals surface area contributed by atoms with E-state index < -0.39 is 0 Å². The summed E-state index contributed by atoms with van der Waals surface area (Å²) in [6.45, 7) is 0. The van der Waals surface area contributed by atoms with Crippen molar-refractivity contribution in [3.05, 3.63) is 35.6 Å². The van der Waals surface area contributed by atoms with Crippen molar-refractivity contribution in [3.63, 3.8) is 0 Å². The molecule has 0 saturated heterocycles. The molecule has 0 unspecified atom stereocenters. The van der Waals surface area contributed by atoms with Gasteiger partial charge in [-0.25, -0.2) is 4.39 Å². The molecule has 0 saturated carbocycles. The maximum absolute atomic E-state index is 13.5. The van der Waals surface area contributed by atoms with E-state index >= 15 is 0 Å². The number of aromatic nitrogens is 2. The molecule has 0 spiro atoms. The Labute approximate surface area is 150 Å². The van der Waals surface area contributed by atoms with Crippen LogP contribution in [0.3, 0.4) is 0 Å². The normalized spacial score (nSPS) is 10.4. The molecule has 1 aromatic carbocycles. The minimum atomic E-state index is -0.356. The van der Waals surface area contributed by atoms with Gasteiger partial charge in [0.2, 0.25) is 11.0 Å². The highest BCUT2D eigenvalue weighted by Crippen LogP contribution is 2.25. The predicted octanol–water partition coefficient (Wildman–Crippen LogP) is 2.81. The number of rotatable bonds is 8. The van der Waals surface area contributed by atoms with Crippen LogP contribution in [0.2, 0.25) is 0 Å². The number of nitrogens with one attached hydrogen (secondary N) is 1. The largest absolute Gasteiger partial charge is 0.468 e. The molecule has 0 aliphatic heterocycles. The zero-order chi connectivity index (χ0) is 17.4. The number of benzene rings is 1. The number of nitrogens with zero attached hydrogens (tertiary/aromatic N) is 2. The molecule has 0 radical (unpaired) electrons. The Bertz CT molecular complexity index is 711. The van der Waals surface area contributed by atoms with Gasteiger partial charge in [-0.15, -0.1) is 22.0 Å². The van der Waals surface area contributed by atoms with E-state index in [1.807, 2.05) is 0 Å². The first-order valence-electron chi connectivity index (χ1n) is 6.72. The Kier molecular flexibility index (Phi) is 7.47. The number of carbonyl (C=O) groups excluding carboxylic acids is 2. The van der Waals surface area contributed by atoms with Crippen LogP contribution in [-0.4, -0.2) is 40.7 Å². The highest BCUT2D eigenvalue weighted by molar-refractivity contribution is 8.01. The minimum absolute atomic E-state index is 0.136. The van der Waals surface area contributed by atoms with Crippen molar-refractivity contribution in [3.8, 4) is 0 Å². The van der Waals surface area contributed by atoms with Crippen LogP contribution < -0.4 is 5.32 Å². The van der Waals surface area contributed by atoms with Gasteiger partial charge in [-0.05, 0) is 11.6 Å². The summed E-state index contributed by atoms with van der Waals surface area (Å²) in [5, 5.41) is 10.7. The molecule has 0 atom stereocenters. The van der Waals surface area contributed by atoms with Crippen LogP contribution in [0.5, 0.6) is 0 Å². The number of methoxy groups -OCH3 is 1. The van der Waals surface area contributed by atoms with Gasteiger partial charge < -0.3 is 4.74 Å². The molecule has 2 rings (SSSR count).